The molecule has 0 unspecified atom stereocenters. The molecular formula is C17H21O4P. The van der Waals surface area contributed by atoms with Gasteiger partial charge < -0.3 is 14.0 Å². The van der Waals surface area contributed by atoms with Crippen molar-refractivity contribution < 1.29 is 18.6 Å². The molecule has 2 aromatic carbocycles. The quantitative estimate of drug-likeness (QED) is 0.742. The molecule has 4 nitrogen and oxygen atoms in total. The summed E-state index contributed by atoms with van der Waals surface area (Å²) in [5.74, 6) is 1.54. The molecule has 118 valence electrons. The van der Waals surface area contributed by atoms with E-state index in [2.05, 4.69) is 0 Å². The van der Waals surface area contributed by atoms with Crippen LogP contribution in [0.25, 0.3) is 0 Å². The van der Waals surface area contributed by atoms with Crippen molar-refractivity contribution in [1.82, 2.24) is 0 Å². The number of hydrogen-bond donors (Lipinski definition) is 0. The predicted molar refractivity (Wildman–Crippen MR) is 88.4 cm³/mol. The van der Waals surface area contributed by atoms with Gasteiger partial charge in [-0.05, 0) is 35.4 Å². The van der Waals surface area contributed by atoms with Crippen molar-refractivity contribution in [3.63, 3.8) is 0 Å². The molecule has 0 aliphatic carbocycles. The molecule has 2 aromatic rings. The van der Waals surface area contributed by atoms with Gasteiger partial charge in [0, 0.05) is 13.3 Å². The van der Waals surface area contributed by atoms with E-state index in [1.165, 1.54) is 0 Å². The Morgan fingerprint density at radius 2 is 1.14 bits per heavy atom. The second kappa shape index (κ2) is 6.99. The lowest BCUT2D eigenvalue weighted by Gasteiger charge is -2.21. The fourth-order valence-corrected chi connectivity index (χ4v) is 2.88. The van der Waals surface area contributed by atoms with Gasteiger partial charge in [0.2, 0.25) is 0 Å². The predicted octanol–water partition coefficient (Wildman–Crippen LogP) is 4.35. The third-order valence-electron chi connectivity index (χ3n) is 3.20. The minimum absolute atomic E-state index is 0.391. The van der Waals surface area contributed by atoms with Gasteiger partial charge in [-0.15, -0.1) is 0 Å². The maximum Gasteiger partial charge on any atom is 0.198 e. The van der Waals surface area contributed by atoms with E-state index in [4.69, 9.17) is 14.0 Å². The van der Waals surface area contributed by atoms with Crippen molar-refractivity contribution in [2.45, 2.75) is 6.10 Å². The lowest BCUT2D eigenvalue weighted by molar-refractivity contribution is 0.253. The van der Waals surface area contributed by atoms with Crippen molar-refractivity contribution in [1.29, 1.82) is 0 Å². The highest BCUT2D eigenvalue weighted by molar-refractivity contribution is 7.57. The molecule has 0 heterocycles. The molecule has 5 heteroatoms. The molecule has 0 amide bonds. The lowest BCUT2D eigenvalue weighted by atomic mass is 10.0. The smallest absolute Gasteiger partial charge is 0.198 e. The summed E-state index contributed by atoms with van der Waals surface area (Å²) in [6.07, 6.45) is -0.391. The van der Waals surface area contributed by atoms with Gasteiger partial charge in [-0.2, -0.15) is 0 Å². The zero-order valence-electron chi connectivity index (χ0n) is 13.3. The Labute approximate surface area is 131 Å². The van der Waals surface area contributed by atoms with Crippen LogP contribution in [0.1, 0.15) is 17.2 Å². The molecule has 0 aliphatic heterocycles. The van der Waals surface area contributed by atoms with E-state index in [1.807, 2.05) is 48.5 Å². The molecule has 2 rings (SSSR count). The summed E-state index contributed by atoms with van der Waals surface area (Å²) in [4.78, 5) is 0. The van der Waals surface area contributed by atoms with Gasteiger partial charge in [-0.3, -0.25) is 4.57 Å². The number of ether oxygens (including phenoxy) is 2. The van der Waals surface area contributed by atoms with Crippen molar-refractivity contribution in [3.05, 3.63) is 59.7 Å². The van der Waals surface area contributed by atoms with Crippen LogP contribution in [0.4, 0.5) is 0 Å². The summed E-state index contributed by atoms with van der Waals surface area (Å²) in [6.45, 7) is 3.24. The SMILES string of the molecule is COc1ccc(C(OP(C)(C)=O)c2ccc(OC)cc2)cc1. The molecular weight excluding hydrogens is 299 g/mol. The van der Waals surface area contributed by atoms with Crippen LogP contribution in [0.3, 0.4) is 0 Å². The molecule has 22 heavy (non-hydrogen) atoms. The van der Waals surface area contributed by atoms with Crippen LogP contribution >= 0.6 is 7.37 Å². The van der Waals surface area contributed by atoms with Gasteiger partial charge in [-0.25, -0.2) is 0 Å². The first-order valence-corrected chi connectivity index (χ1v) is 9.46. The molecule has 0 aliphatic rings. The Balaban J connectivity index is 2.38. The maximum absolute atomic E-state index is 12.1. The standard InChI is InChI=1S/C17H21O4P/c1-19-15-9-5-13(6-10-15)17(21-22(3,4)18)14-7-11-16(20-2)12-8-14/h5-12,17H,1-4H3. The van der Waals surface area contributed by atoms with Gasteiger partial charge in [0.05, 0.1) is 14.2 Å². The van der Waals surface area contributed by atoms with E-state index in [0.717, 1.165) is 22.6 Å². The summed E-state index contributed by atoms with van der Waals surface area (Å²) in [7, 11) is 0.595. The van der Waals surface area contributed by atoms with Gasteiger partial charge >= 0.3 is 0 Å². The van der Waals surface area contributed by atoms with E-state index in [-0.39, 0.29) is 0 Å². The fourth-order valence-electron chi connectivity index (χ4n) is 2.13. The molecule has 0 saturated heterocycles. The van der Waals surface area contributed by atoms with Crippen LogP contribution in [0.2, 0.25) is 0 Å². The molecule has 0 fully saturated rings. The average molecular weight is 320 g/mol. The maximum atomic E-state index is 12.1. The first kappa shape index (κ1) is 16.6. The van der Waals surface area contributed by atoms with Crippen molar-refractivity contribution in [2.75, 3.05) is 27.5 Å². The fraction of sp³-hybridized carbons (Fsp3) is 0.294. The number of hydrogen-bond acceptors (Lipinski definition) is 4. The van der Waals surface area contributed by atoms with Gasteiger partial charge in [0.1, 0.15) is 17.6 Å². The molecule has 0 spiro atoms. The molecule has 0 bridgehead atoms. The third kappa shape index (κ3) is 4.36. The monoisotopic (exact) mass is 320 g/mol. The van der Waals surface area contributed by atoms with Crippen LogP contribution in [-0.2, 0) is 9.09 Å². The normalized spacial score (nSPS) is 11.5. The summed E-state index contributed by atoms with van der Waals surface area (Å²) < 4.78 is 28.3. The number of benzene rings is 2. The number of rotatable bonds is 6. The Bertz CT molecular complexity index is 596. The minimum Gasteiger partial charge on any atom is -0.497 e. The van der Waals surface area contributed by atoms with Crippen LogP contribution in [-0.4, -0.2) is 27.5 Å². The molecule has 0 saturated carbocycles. The highest BCUT2D eigenvalue weighted by Gasteiger charge is 2.21. The van der Waals surface area contributed by atoms with Crippen LogP contribution in [0, 0.1) is 0 Å². The molecule has 0 N–H and O–H groups in total. The summed E-state index contributed by atoms with van der Waals surface area (Å²) in [5, 5.41) is 0. The van der Waals surface area contributed by atoms with Gasteiger partial charge in [0.15, 0.2) is 7.37 Å². The molecule has 0 atom stereocenters. The second-order valence-corrected chi connectivity index (χ2v) is 8.00. The first-order chi connectivity index (χ1) is 10.4. The Kier molecular flexibility index (Phi) is 5.28. The van der Waals surface area contributed by atoms with E-state index in [0.29, 0.717) is 0 Å². The van der Waals surface area contributed by atoms with Crippen molar-refractivity contribution in [3.8, 4) is 11.5 Å². The van der Waals surface area contributed by atoms with E-state index in [1.54, 1.807) is 27.5 Å². The van der Waals surface area contributed by atoms with E-state index in [9.17, 15) is 4.57 Å². The van der Waals surface area contributed by atoms with Crippen LogP contribution in [0.5, 0.6) is 11.5 Å². The van der Waals surface area contributed by atoms with Crippen LogP contribution < -0.4 is 9.47 Å². The Morgan fingerprint density at radius 1 is 0.773 bits per heavy atom. The van der Waals surface area contributed by atoms with E-state index < -0.39 is 13.5 Å². The second-order valence-electron chi connectivity index (χ2n) is 5.28. The van der Waals surface area contributed by atoms with Gasteiger partial charge in [-0.1, -0.05) is 24.3 Å². The first-order valence-electron chi connectivity index (χ1n) is 6.94. The van der Waals surface area contributed by atoms with Crippen molar-refractivity contribution >= 4 is 7.37 Å². The van der Waals surface area contributed by atoms with E-state index >= 15 is 0 Å². The largest absolute Gasteiger partial charge is 0.497 e. The zero-order chi connectivity index (χ0) is 16.2. The Morgan fingerprint density at radius 3 is 1.41 bits per heavy atom. The van der Waals surface area contributed by atoms with Crippen molar-refractivity contribution in [2.24, 2.45) is 0 Å². The summed E-state index contributed by atoms with van der Waals surface area (Å²) in [5.41, 5.74) is 1.85. The average Bonchev–Trinajstić information content (AvgIpc) is 2.52. The summed E-state index contributed by atoms with van der Waals surface area (Å²) >= 11 is 0. The molecule has 0 radical (unpaired) electrons. The van der Waals surface area contributed by atoms with Gasteiger partial charge in [0.25, 0.3) is 0 Å². The number of methoxy groups -OCH3 is 2. The topological polar surface area (TPSA) is 44.8 Å². The summed E-state index contributed by atoms with van der Waals surface area (Å²) in [6, 6.07) is 15.1. The highest BCUT2D eigenvalue weighted by atomic mass is 31.2. The van der Waals surface area contributed by atoms with Crippen LogP contribution in [0.15, 0.2) is 48.5 Å². The zero-order valence-corrected chi connectivity index (χ0v) is 14.2. The third-order valence-corrected chi connectivity index (χ3v) is 3.91. The lowest BCUT2D eigenvalue weighted by Crippen LogP contribution is -2.04. The minimum atomic E-state index is -2.65. The highest BCUT2D eigenvalue weighted by Crippen LogP contribution is 2.46. The Hall–Kier alpha value is -1.77. The molecule has 0 aromatic heterocycles.